The average Bonchev–Trinajstić information content (AvgIpc) is 2.27. The molecule has 1 N–H and O–H groups in total. The second-order valence-electron chi connectivity index (χ2n) is 5.15. The molecule has 0 saturated heterocycles. The number of aryl methyl sites for hydroxylation is 1. The van der Waals surface area contributed by atoms with Crippen LogP contribution in [0.15, 0.2) is 22.7 Å². The van der Waals surface area contributed by atoms with Gasteiger partial charge in [0, 0.05) is 4.47 Å². The number of aliphatic hydroxyl groups excluding tert-OH is 1. The lowest BCUT2D eigenvalue weighted by atomic mass is 9.78. The van der Waals surface area contributed by atoms with Crippen LogP contribution < -0.4 is 0 Å². The summed E-state index contributed by atoms with van der Waals surface area (Å²) in [6, 6.07) is 6.51. The van der Waals surface area contributed by atoms with Gasteiger partial charge in [0.15, 0.2) is 0 Å². The van der Waals surface area contributed by atoms with E-state index in [0.717, 1.165) is 23.7 Å². The van der Waals surface area contributed by atoms with Crippen LogP contribution in [0, 0.1) is 11.8 Å². The maximum Gasteiger partial charge on any atom is 0.0594 e. The third-order valence-electron chi connectivity index (χ3n) is 3.60. The molecular weight excluding hydrogens is 264 g/mol. The van der Waals surface area contributed by atoms with Gasteiger partial charge >= 0.3 is 0 Å². The number of hydrogen-bond acceptors (Lipinski definition) is 1. The number of benzene rings is 1. The van der Waals surface area contributed by atoms with Crippen LogP contribution in [0.4, 0.5) is 0 Å². The van der Waals surface area contributed by atoms with E-state index in [4.69, 9.17) is 0 Å². The molecule has 0 spiro atoms. The molecular formula is C14H19BrO. The number of fused-ring (bicyclic) bond motifs is 1. The third-order valence-corrected chi connectivity index (χ3v) is 4.09. The summed E-state index contributed by atoms with van der Waals surface area (Å²) >= 11 is 3.51. The standard InChI is InChI=1S/C14H19BrO/c1-9(2)14(16)12-4-3-11-8-13(15)6-5-10(11)7-12/h5-6,8-9,12,14,16H,3-4,7H2,1-2H3. The molecule has 0 amide bonds. The molecule has 2 unspecified atom stereocenters. The first-order valence-corrected chi connectivity index (χ1v) is 6.82. The monoisotopic (exact) mass is 282 g/mol. The van der Waals surface area contributed by atoms with Gasteiger partial charge in [-0.3, -0.25) is 0 Å². The largest absolute Gasteiger partial charge is 0.393 e. The lowest BCUT2D eigenvalue weighted by molar-refractivity contribution is 0.0577. The van der Waals surface area contributed by atoms with Gasteiger partial charge in [-0.25, -0.2) is 0 Å². The molecule has 0 fully saturated rings. The van der Waals surface area contributed by atoms with Crippen molar-refractivity contribution in [1.29, 1.82) is 0 Å². The predicted octanol–water partition coefficient (Wildman–Crippen LogP) is 3.57. The van der Waals surface area contributed by atoms with E-state index in [9.17, 15) is 5.11 Å². The SMILES string of the molecule is CC(C)C(O)C1CCc2cc(Br)ccc2C1. The van der Waals surface area contributed by atoms with Crippen LogP contribution in [0.5, 0.6) is 0 Å². The normalized spacial score (nSPS) is 21.9. The van der Waals surface area contributed by atoms with E-state index in [-0.39, 0.29) is 6.10 Å². The highest BCUT2D eigenvalue weighted by molar-refractivity contribution is 9.10. The van der Waals surface area contributed by atoms with Crippen molar-refractivity contribution in [2.24, 2.45) is 11.8 Å². The Bertz CT molecular complexity index is 373. The summed E-state index contributed by atoms with van der Waals surface area (Å²) in [6.07, 6.45) is 3.09. The Morgan fingerprint density at radius 2 is 2.06 bits per heavy atom. The van der Waals surface area contributed by atoms with Crippen molar-refractivity contribution < 1.29 is 5.11 Å². The van der Waals surface area contributed by atoms with Gasteiger partial charge in [0.25, 0.3) is 0 Å². The molecule has 0 heterocycles. The average molecular weight is 283 g/mol. The summed E-state index contributed by atoms with van der Waals surface area (Å²) in [6.45, 7) is 4.20. The molecule has 0 aromatic heterocycles. The first-order chi connectivity index (χ1) is 7.58. The van der Waals surface area contributed by atoms with Crippen LogP contribution in [-0.2, 0) is 12.8 Å². The zero-order valence-corrected chi connectivity index (χ0v) is 11.5. The van der Waals surface area contributed by atoms with Gasteiger partial charge in [0.1, 0.15) is 0 Å². The van der Waals surface area contributed by atoms with E-state index in [2.05, 4.69) is 48.0 Å². The second kappa shape index (κ2) is 4.89. The summed E-state index contributed by atoms with van der Waals surface area (Å²) in [7, 11) is 0. The Labute approximate surface area is 106 Å². The fourth-order valence-electron chi connectivity index (χ4n) is 2.59. The van der Waals surface area contributed by atoms with Gasteiger partial charge in [-0.2, -0.15) is 0 Å². The van der Waals surface area contributed by atoms with Gasteiger partial charge in [-0.05, 0) is 54.4 Å². The Balaban J connectivity index is 2.15. The number of aliphatic hydroxyl groups is 1. The second-order valence-corrected chi connectivity index (χ2v) is 6.07. The maximum absolute atomic E-state index is 10.1. The van der Waals surface area contributed by atoms with E-state index in [1.807, 2.05) is 0 Å². The molecule has 2 rings (SSSR count). The molecule has 0 radical (unpaired) electrons. The van der Waals surface area contributed by atoms with Crippen LogP contribution in [0.25, 0.3) is 0 Å². The Kier molecular flexibility index (Phi) is 3.70. The molecule has 1 aromatic carbocycles. The molecule has 0 saturated carbocycles. The van der Waals surface area contributed by atoms with Crippen molar-refractivity contribution in [2.75, 3.05) is 0 Å². The van der Waals surface area contributed by atoms with Crippen molar-refractivity contribution in [3.63, 3.8) is 0 Å². The van der Waals surface area contributed by atoms with Gasteiger partial charge in [-0.15, -0.1) is 0 Å². The van der Waals surface area contributed by atoms with E-state index in [0.29, 0.717) is 11.8 Å². The van der Waals surface area contributed by atoms with Crippen molar-refractivity contribution in [2.45, 2.75) is 39.2 Å². The van der Waals surface area contributed by atoms with Crippen LogP contribution >= 0.6 is 15.9 Å². The number of hydrogen-bond donors (Lipinski definition) is 1. The molecule has 1 aliphatic carbocycles. The molecule has 0 aliphatic heterocycles. The highest BCUT2D eigenvalue weighted by atomic mass is 79.9. The smallest absolute Gasteiger partial charge is 0.0594 e. The first kappa shape index (κ1) is 12.1. The quantitative estimate of drug-likeness (QED) is 0.879. The predicted molar refractivity (Wildman–Crippen MR) is 70.5 cm³/mol. The van der Waals surface area contributed by atoms with Crippen LogP contribution in [0.2, 0.25) is 0 Å². The molecule has 88 valence electrons. The molecule has 2 atom stereocenters. The van der Waals surface area contributed by atoms with Gasteiger partial charge < -0.3 is 5.11 Å². The lowest BCUT2D eigenvalue weighted by Gasteiger charge is -2.30. The Morgan fingerprint density at radius 3 is 2.75 bits per heavy atom. The molecule has 0 bridgehead atoms. The zero-order valence-electron chi connectivity index (χ0n) is 9.91. The van der Waals surface area contributed by atoms with Gasteiger partial charge in [0.2, 0.25) is 0 Å². The summed E-state index contributed by atoms with van der Waals surface area (Å²) in [5.41, 5.74) is 2.86. The van der Waals surface area contributed by atoms with Crippen molar-refractivity contribution in [3.8, 4) is 0 Å². The number of rotatable bonds is 2. The van der Waals surface area contributed by atoms with Crippen LogP contribution in [-0.4, -0.2) is 11.2 Å². The van der Waals surface area contributed by atoms with Gasteiger partial charge in [-0.1, -0.05) is 35.8 Å². The maximum atomic E-state index is 10.1. The summed E-state index contributed by atoms with van der Waals surface area (Å²) in [5.74, 6) is 0.802. The van der Waals surface area contributed by atoms with E-state index >= 15 is 0 Å². The minimum atomic E-state index is -0.156. The Morgan fingerprint density at radius 1 is 1.31 bits per heavy atom. The van der Waals surface area contributed by atoms with Crippen molar-refractivity contribution >= 4 is 15.9 Å². The molecule has 2 heteroatoms. The molecule has 1 nitrogen and oxygen atoms in total. The minimum Gasteiger partial charge on any atom is -0.393 e. The molecule has 1 aliphatic rings. The first-order valence-electron chi connectivity index (χ1n) is 6.03. The lowest BCUT2D eigenvalue weighted by Crippen LogP contribution is -2.30. The van der Waals surface area contributed by atoms with E-state index < -0.39 is 0 Å². The topological polar surface area (TPSA) is 20.2 Å². The summed E-state index contributed by atoms with van der Waals surface area (Å²) in [5, 5.41) is 10.1. The summed E-state index contributed by atoms with van der Waals surface area (Å²) in [4.78, 5) is 0. The van der Waals surface area contributed by atoms with Gasteiger partial charge in [0.05, 0.1) is 6.10 Å². The van der Waals surface area contributed by atoms with Crippen molar-refractivity contribution in [3.05, 3.63) is 33.8 Å². The van der Waals surface area contributed by atoms with E-state index in [1.54, 1.807) is 0 Å². The fourth-order valence-corrected chi connectivity index (χ4v) is 3.00. The van der Waals surface area contributed by atoms with Crippen LogP contribution in [0.1, 0.15) is 31.4 Å². The minimum absolute atomic E-state index is 0.156. The Hall–Kier alpha value is -0.340. The fraction of sp³-hybridized carbons (Fsp3) is 0.571. The highest BCUT2D eigenvalue weighted by Crippen LogP contribution is 2.31. The summed E-state index contributed by atoms with van der Waals surface area (Å²) < 4.78 is 1.16. The van der Waals surface area contributed by atoms with E-state index in [1.165, 1.54) is 11.1 Å². The highest BCUT2D eigenvalue weighted by Gasteiger charge is 2.26. The molecule has 16 heavy (non-hydrogen) atoms. The zero-order chi connectivity index (χ0) is 11.7. The van der Waals surface area contributed by atoms with Crippen LogP contribution in [0.3, 0.4) is 0 Å². The number of halogens is 1. The molecule has 1 aromatic rings. The van der Waals surface area contributed by atoms with Crippen molar-refractivity contribution in [1.82, 2.24) is 0 Å². The third kappa shape index (κ3) is 2.49.